The van der Waals surface area contributed by atoms with Crippen molar-refractivity contribution in [1.29, 1.82) is 0 Å². The first-order valence-corrected chi connectivity index (χ1v) is 14.4. The van der Waals surface area contributed by atoms with Crippen molar-refractivity contribution in [2.75, 3.05) is 5.32 Å². The van der Waals surface area contributed by atoms with Crippen molar-refractivity contribution in [3.8, 4) is 0 Å². The number of carbonyl (C=O) groups excluding carboxylic acids is 3. The standard InChI is InChI=1S/C32H36FN3O4/c1-19(2)20-12-14-23(15-13-20)34-29(37)26-25-16-17-32(40-25)27(26)31(39)36(18-21-8-6-7-11-24(21)33)28(32)30(38)35-22-9-4-3-5-10-22/h6-8,11-17,19,22,25-28H,3-5,9-10,18H2,1-2H3,(H,34,37)(H,35,38)/t25-,26+,27-,28-,32-/m1/s1. The number of hydrogen-bond donors (Lipinski definition) is 2. The molecular formula is C32H36FN3O4. The third-order valence-electron chi connectivity index (χ3n) is 9.02. The highest BCUT2D eigenvalue weighted by atomic mass is 19.1. The first kappa shape index (κ1) is 26.7. The van der Waals surface area contributed by atoms with Crippen molar-refractivity contribution in [3.63, 3.8) is 0 Å². The van der Waals surface area contributed by atoms with Gasteiger partial charge >= 0.3 is 0 Å². The van der Waals surface area contributed by atoms with Crippen LogP contribution in [-0.4, -0.2) is 46.4 Å². The summed E-state index contributed by atoms with van der Waals surface area (Å²) in [5, 5.41) is 6.12. The quantitative estimate of drug-likeness (QED) is 0.495. The Labute approximate surface area is 234 Å². The molecule has 2 N–H and O–H groups in total. The second kappa shape index (κ2) is 10.5. The molecule has 4 aliphatic rings. The molecule has 8 heteroatoms. The number of anilines is 1. The zero-order valence-electron chi connectivity index (χ0n) is 22.9. The number of halogens is 1. The van der Waals surface area contributed by atoms with E-state index in [4.69, 9.17) is 4.74 Å². The second-order valence-electron chi connectivity index (χ2n) is 11.9. The number of ether oxygens (including phenoxy) is 1. The van der Waals surface area contributed by atoms with E-state index in [1.807, 2.05) is 24.3 Å². The van der Waals surface area contributed by atoms with Crippen molar-refractivity contribution >= 4 is 23.4 Å². The molecule has 6 rings (SSSR count). The van der Waals surface area contributed by atoms with Crippen LogP contribution in [-0.2, 0) is 25.7 Å². The fourth-order valence-corrected chi connectivity index (χ4v) is 6.95. The van der Waals surface area contributed by atoms with Gasteiger partial charge in [0.25, 0.3) is 0 Å². The maximum absolute atomic E-state index is 14.7. The summed E-state index contributed by atoms with van der Waals surface area (Å²) >= 11 is 0. The molecule has 2 aromatic carbocycles. The molecule has 3 fully saturated rings. The highest BCUT2D eigenvalue weighted by Gasteiger charge is 2.72. The number of amides is 3. The van der Waals surface area contributed by atoms with Gasteiger partial charge < -0.3 is 20.3 Å². The molecular weight excluding hydrogens is 509 g/mol. The van der Waals surface area contributed by atoms with Crippen molar-refractivity contribution in [2.45, 2.75) is 82.2 Å². The van der Waals surface area contributed by atoms with Crippen molar-refractivity contribution in [1.82, 2.24) is 10.2 Å². The maximum atomic E-state index is 14.7. The number of rotatable bonds is 7. The van der Waals surface area contributed by atoms with Crippen molar-refractivity contribution in [2.24, 2.45) is 11.8 Å². The van der Waals surface area contributed by atoms with E-state index < -0.39 is 35.4 Å². The zero-order valence-corrected chi connectivity index (χ0v) is 22.9. The number of benzene rings is 2. The SMILES string of the molecule is CC(C)c1ccc(NC(=O)[C@H]2[C@H]3C=C[C@@]4(O3)[C@H]2C(=O)N(Cc2ccccc2F)[C@@H]4C(=O)NC2CCCCC2)cc1. The van der Waals surface area contributed by atoms with Crippen LogP contribution < -0.4 is 10.6 Å². The molecule has 210 valence electrons. The molecule has 40 heavy (non-hydrogen) atoms. The smallest absolute Gasteiger partial charge is 0.246 e. The third-order valence-corrected chi connectivity index (χ3v) is 9.02. The Morgan fingerprint density at radius 1 is 1.05 bits per heavy atom. The molecule has 0 aromatic heterocycles. The highest BCUT2D eigenvalue weighted by molar-refractivity contribution is 6.02. The Balaban J connectivity index is 1.31. The number of nitrogens with one attached hydrogen (secondary N) is 2. The highest BCUT2D eigenvalue weighted by Crippen LogP contribution is 2.55. The monoisotopic (exact) mass is 545 g/mol. The fraction of sp³-hybridized carbons (Fsp3) is 0.469. The van der Waals surface area contributed by atoms with Crippen molar-refractivity contribution in [3.05, 3.63) is 77.6 Å². The summed E-state index contributed by atoms with van der Waals surface area (Å²) in [6.07, 6.45) is 7.96. The fourth-order valence-electron chi connectivity index (χ4n) is 6.95. The predicted molar refractivity (Wildman–Crippen MR) is 149 cm³/mol. The molecule has 3 heterocycles. The summed E-state index contributed by atoms with van der Waals surface area (Å²) in [7, 11) is 0. The Morgan fingerprint density at radius 2 is 1.77 bits per heavy atom. The number of fused-ring (bicyclic) bond motifs is 1. The molecule has 2 saturated heterocycles. The van der Waals surface area contributed by atoms with Crippen LogP contribution in [0.15, 0.2) is 60.7 Å². The van der Waals surface area contributed by atoms with Gasteiger partial charge in [-0.2, -0.15) is 0 Å². The molecule has 0 radical (unpaired) electrons. The van der Waals surface area contributed by atoms with E-state index in [2.05, 4.69) is 24.5 Å². The van der Waals surface area contributed by atoms with E-state index in [0.29, 0.717) is 17.2 Å². The summed E-state index contributed by atoms with van der Waals surface area (Å²) in [4.78, 5) is 43.1. The summed E-state index contributed by atoms with van der Waals surface area (Å²) in [6.45, 7) is 4.12. The number of carbonyl (C=O) groups is 3. The Kier molecular flexibility index (Phi) is 6.98. The number of hydrogen-bond acceptors (Lipinski definition) is 4. The summed E-state index contributed by atoms with van der Waals surface area (Å²) < 4.78 is 21.1. The molecule has 1 aliphatic carbocycles. The van der Waals surface area contributed by atoms with Gasteiger partial charge in [0.2, 0.25) is 17.7 Å². The van der Waals surface area contributed by atoms with Gasteiger partial charge in [0, 0.05) is 23.8 Å². The van der Waals surface area contributed by atoms with E-state index in [1.54, 1.807) is 30.4 Å². The van der Waals surface area contributed by atoms with Crippen LogP contribution >= 0.6 is 0 Å². The minimum atomic E-state index is -1.28. The molecule has 3 amide bonds. The first-order chi connectivity index (χ1) is 19.3. The number of likely N-dealkylation sites (tertiary alicyclic amines) is 1. The minimum Gasteiger partial charge on any atom is -0.359 e. The lowest BCUT2D eigenvalue weighted by atomic mass is 9.74. The molecule has 1 saturated carbocycles. The Bertz CT molecular complexity index is 1340. The summed E-state index contributed by atoms with van der Waals surface area (Å²) in [5.41, 5.74) is 0.822. The molecule has 7 nitrogen and oxygen atoms in total. The molecule has 3 aliphatic heterocycles. The van der Waals surface area contributed by atoms with E-state index in [9.17, 15) is 18.8 Å². The maximum Gasteiger partial charge on any atom is 0.246 e. The van der Waals surface area contributed by atoms with Crippen LogP contribution in [0.5, 0.6) is 0 Å². The predicted octanol–water partition coefficient (Wildman–Crippen LogP) is 4.69. The minimum absolute atomic E-state index is 0.0256. The Hall–Kier alpha value is -3.52. The van der Waals surface area contributed by atoms with E-state index in [1.165, 1.54) is 11.0 Å². The third kappa shape index (κ3) is 4.52. The Morgan fingerprint density at radius 3 is 2.48 bits per heavy atom. The van der Waals surface area contributed by atoms with Crippen LogP contribution in [0.1, 0.15) is 63.0 Å². The van der Waals surface area contributed by atoms with E-state index >= 15 is 0 Å². The van der Waals surface area contributed by atoms with E-state index in [-0.39, 0.29) is 30.3 Å². The van der Waals surface area contributed by atoms with Gasteiger partial charge in [0.15, 0.2) is 0 Å². The molecule has 1 spiro atoms. The van der Waals surface area contributed by atoms with Gasteiger partial charge in [-0.15, -0.1) is 0 Å². The average Bonchev–Trinajstić information content (AvgIpc) is 3.58. The van der Waals surface area contributed by atoms with E-state index in [0.717, 1.165) is 37.7 Å². The van der Waals surface area contributed by atoms with Gasteiger partial charge in [-0.3, -0.25) is 14.4 Å². The van der Waals surface area contributed by atoms with Crippen LogP contribution in [0.2, 0.25) is 0 Å². The molecule has 5 atom stereocenters. The average molecular weight is 546 g/mol. The zero-order chi connectivity index (χ0) is 28.0. The first-order valence-electron chi connectivity index (χ1n) is 14.4. The van der Waals surface area contributed by atoms with Crippen LogP contribution in [0.3, 0.4) is 0 Å². The van der Waals surface area contributed by atoms with Gasteiger partial charge in [-0.25, -0.2) is 4.39 Å². The topological polar surface area (TPSA) is 87.7 Å². The van der Waals surface area contributed by atoms with Crippen LogP contribution in [0, 0.1) is 17.7 Å². The largest absolute Gasteiger partial charge is 0.359 e. The summed E-state index contributed by atoms with van der Waals surface area (Å²) in [5.74, 6) is -2.78. The normalized spacial score (nSPS) is 29.2. The molecule has 0 unspecified atom stereocenters. The van der Waals surface area contributed by atoms with Crippen LogP contribution in [0.4, 0.5) is 10.1 Å². The lowest BCUT2D eigenvalue weighted by Gasteiger charge is -2.34. The lowest BCUT2D eigenvalue weighted by molar-refractivity contribution is -0.142. The van der Waals surface area contributed by atoms with Crippen LogP contribution in [0.25, 0.3) is 0 Å². The van der Waals surface area contributed by atoms with Gasteiger partial charge in [0.1, 0.15) is 17.5 Å². The number of nitrogens with zero attached hydrogens (tertiary/aromatic N) is 1. The lowest BCUT2D eigenvalue weighted by Crippen LogP contribution is -2.56. The van der Waals surface area contributed by atoms with Gasteiger partial charge in [0.05, 0.1) is 17.9 Å². The van der Waals surface area contributed by atoms with Gasteiger partial charge in [-0.05, 0) is 42.5 Å². The molecule has 2 aromatic rings. The summed E-state index contributed by atoms with van der Waals surface area (Å²) in [6, 6.07) is 12.9. The van der Waals surface area contributed by atoms with Gasteiger partial charge in [-0.1, -0.05) is 75.6 Å². The molecule has 2 bridgehead atoms. The van der Waals surface area contributed by atoms with Crippen molar-refractivity contribution < 1.29 is 23.5 Å². The second-order valence-corrected chi connectivity index (χ2v) is 11.9.